The summed E-state index contributed by atoms with van der Waals surface area (Å²) in [4.78, 5) is 0. The van der Waals surface area contributed by atoms with Gasteiger partial charge in [0.1, 0.15) is 0 Å². The Morgan fingerprint density at radius 1 is 1.12 bits per heavy atom. The minimum Gasteiger partial charge on any atom is -0.375 e. The van der Waals surface area contributed by atoms with Gasteiger partial charge in [-0.1, -0.05) is 0 Å². The quantitative estimate of drug-likeness (QED) is 0.710. The van der Waals surface area contributed by atoms with Gasteiger partial charge in [0.05, 0.1) is 31.5 Å². The van der Waals surface area contributed by atoms with E-state index in [1.54, 1.807) is 6.92 Å². The average Bonchev–Trinajstić information content (AvgIpc) is 2.09. The van der Waals surface area contributed by atoms with Crippen molar-refractivity contribution in [3.63, 3.8) is 0 Å². The number of ether oxygens (including phenoxy) is 2. The highest BCUT2D eigenvalue weighted by molar-refractivity contribution is 4.61. The normalized spacial score (nSPS) is 15.0. The van der Waals surface area contributed by atoms with Crippen molar-refractivity contribution in [1.29, 1.82) is 0 Å². The smallest absolute Gasteiger partial charge is 0.375 e. The van der Waals surface area contributed by atoms with Crippen molar-refractivity contribution < 1.29 is 22.6 Å². The van der Waals surface area contributed by atoms with Crippen molar-refractivity contribution in [3.05, 3.63) is 0 Å². The molecular formula is C11H22F3NO2. The molecule has 6 heteroatoms. The molecule has 0 spiro atoms. The van der Waals surface area contributed by atoms with E-state index in [9.17, 15) is 13.2 Å². The van der Waals surface area contributed by atoms with Crippen LogP contribution in [-0.2, 0) is 9.47 Å². The van der Waals surface area contributed by atoms with Gasteiger partial charge in [-0.05, 0) is 27.7 Å². The third-order valence-corrected chi connectivity index (χ3v) is 1.78. The monoisotopic (exact) mass is 257 g/mol. The van der Waals surface area contributed by atoms with Crippen molar-refractivity contribution >= 4 is 0 Å². The lowest BCUT2D eigenvalue weighted by Gasteiger charge is -2.20. The maximum absolute atomic E-state index is 11.8. The number of rotatable bonds is 7. The molecule has 0 bridgehead atoms. The first-order chi connectivity index (χ1) is 7.60. The number of alkyl halides is 3. The van der Waals surface area contributed by atoms with E-state index in [0.717, 1.165) is 0 Å². The average molecular weight is 257 g/mol. The lowest BCUT2D eigenvalue weighted by atomic mass is 10.2. The minimum absolute atomic E-state index is 0.176. The largest absolute Gasteiger partial charge is 0.401 e. The summed E-state index contributed by atoms with van der Waals surface area (Å²) in [5.41, 5.74) is -0.221. The molecule has 0 rings (SSSR count). The van der Waals surface area contributed by atoms with E-state index in [0.29, 0.717) is 13.2 Å². The molecule has 0 radical (unpaired) electrons. The van der Waals surface area contributed by atoms with Crippen LogP contribution in [0.25, 0.3) is 0 Å². The second-order valence-electron chi connectivity index (χ2n) is 4.89. The molecule has 1 N–H and O–H groups in total. The van der Waals surface area contributed by atoms with Crippen LogP contribution in [0.4, 0.5) is 13.2 Å². The van der Waals surface area contributed by atoms with Crippen molar-refractivity contribution in [3.8, 4) is 0 Å². The zero-order valence-electron chi connectivity index (χ0n) is 10.9. The highest BCUT2D eigenvalue weighted by atomic mass is 19.4. The van der Waals surface area contributed by atoms with Gasteiger partial charge in [-0.15, -0.1) is 0 Å². The molecule has 0 aromatic heterocycles. The summed E-state index contributed by atoms with van der Waals surface area (Å²) in [6, 6.07) is 0. The van der Waals surface area contributed by atoms with Gasteiger partial charge >= 0.3 is 6.18 Å². The van der Waals surface area contributed by atoms with E-state index < -0.39 is 12.7 Å². The van der Waals surface area contributed by atoms with Gasteiger partial charge in [-0.2, -0.15) is 13.2 Å². The minimum atomic E-state index is -4.17. The molecule has 0 heterocycles. The van der Waals surface area contributed by atoms with Gasteiger partial charge in [0, 0.05) is 6.54 Å². The van der Waals surface area contributed by atoms with Gasteiger partial charge in [0.25, 0.3) is 0 Å². The Morgan fingerprint density at radius 2 is 1.71 bits per heavy atom. The standard InChI is InChI=1S/C11H22F3NO2/c1-9(7-15-8-11(12,13)14)16-5-6-17-10(2,3)4/h9,15H,5-8H2,1-4H3. The van der Waals surface area contributed by atoms with Gasteiger partial charge < -0.3 is 14.8 Å². The number of hydrogen-bond donors (Lipinski definition) is 1. The van der Waals surface area contributed by atoms with E-state index in [1.807, 2.05) is 20.8 Å². The zero-order chi connectivity index (χ0) is 13.5. The molecule has 104 valence electrons. The number of nitrogens with one attached hydrogen (secondary N) is 1. The van der Waals surface area contributed by atoms with E-state index in [4.69, 9.17) is 9.47 Å². The molecule has 0 aliphatic heterocycles. The third-order valence-electron chi connectivity index (χ3n) is 1.78. The van der Waals surface area contributed by atoms with Crippen LogP contribution < -0.4 is 5.32 Å². The Labute approximate surface area is 101 Å². The fraction of sp³-hybridized carbons (Fsp3) is 1.00. The molecule has 1 atom stereocenters. The van der Waals surface area contributed by atoms with Crippen LogP contribution in [0.3, 0.4) is 0 Å². The fourth-order valence-electron chi connectivity index (χ4n) is 1.07. The Kier molecular flexibility index (Phi) is 7.04. The van der Waals surface area contributed by atoms with Crippen LogP contribution in [0.2, 0.25) is 0 Å². The first-order valence-electron chi connectivity index (χ1n) is 5.63. The Bertz CT molecular complexity index is 202. The summed E-state index contributed by atoms with van der Waals surface area (Å²) in [6.07, 6.45) is -4.43. The predicted octanol–water partition coefficient (Wildman–Crippen LogP) is 2.36. The third kappa shape index (κ3) is 13.6. The number of halogens is 3. The molecule has 3 nitrogen and oxygen atoms in total. The summed E-state index contributed by atoms with van der Waals surface area (Å²) in [5.74, 6) is 0. The molecule has 0 aliphatic carbocycles. The molecule has 0 amide bonds. The van der Waals surface area contributed by atoms with Crippen LogP contribution in [0.15, 0.2) is 0 Å². The summed E-state index contributed by atoms with van der Waals surface area (Å²) in [7, 11) is 0. The lowest BCUT2D eigenvalue weighted by Crippen LogP contribution is -2.35. The van der Waals surface area contributed by atoms with Crippen LogP contribution >= 0.6 is 0 Å². The topological polar surface area (TPSA) is 30.5 Å². The second kappa shape index (κ2) is 7.18. The van der Waals surface area contributed by atoms with Crippen molar-refractivity contribution in [1.82, 2.24) is 5.32 Å². The SMILES string of the molecule is CC(CNCC(F)(F)F)OCCOC(C)(C)C. The molecule has 0 saturated carbocycles. The summed E-state index contributed by atoms with van der Waals surface area (Å²) in [5, 5.41) is 2.29. The van der Waals surface area contributed by atoms with Crippen LogP contribution in [-0.4, -0.2) is 44.2 Å². The van der Waals surface area contributed by atoms with Crippen LogP contribution in [0.5, 0.6) is 0 Å². The molecule has 0 saturated heterocycles. The summed E-state index contributed by atoms with van der Waals surface area (Å²) in [6.45, 7) is 7.53. The van der Waals surface area contributed by atoms with Crippen LogP contribution in [0.1, 0.15) is 27.7 Å². The highest BCUT2D eigenvalue weighted by Gasteiger charge is 2.26. The van der Waals surface area contributed by atoms with Crippen molar-refractivity contribution in [2.45, 2.75) is 45.6 Å². The maximum atomic E-state index is 11.8. The van der Waals surface area contributed by atoms with Crippen molar-refractivity contribution in [2.24, 2.45) is 0 Å². The molecule has 17 heavy (non-hydrogen) atoms. The van der Waals surface area contributed by atoms with Crippen molar-refractivity contribution in [2.75, 3.05) is 26.3 Å². The molecule has 0 aromatic carbocycles. The predicted molar refractivity (Wildman–Crippen MR) is 60.0 cm³/mol. The maximum Gasteiger partial charge on any atom is 0.401 e. The molecule has 0 aliphatic rings. The van der Waals surface area contributed by atoms with Gasteiger partial charge in [-0.25, -0.2) is 0 Å². The van der Waals surface area contributed by atoms with Gasteiger partial charge in [-0.3, -0.25) is 0 Å². The van der Waals surface area contributed by atoms with Gasteiger partial charge in [0.15, 0.2) is 0 Å². The Balaban J connectivity index is 3.44. The zero-order valence-corrected chi connectivity index (χ0v) is 10.9. The second-order valence-corrected chi connectivity index (χ2v) is 4.89. The van der Waals surface area contributed by atoms with E-state index in [2.05, 4.69) is 5.32 Å². The molecule has 0 fully saturated rings. The molecule has 0 aromatic rings. The molecular weight excluding hydrogens is 235 g/mol. The van der Waals surface area contributed by atoms with E-state index >= 15 is 0 Å². The summed E-state index contributed by atoms with van der Waals surface area (Å²) >= 11 is 0. The first-order valence-corrected chi connectivity index (χ1v) is 5.63. The highest BCUT2D eigenvalue weighted by Crippen LogP contribution is 2.12. The van der Waals surface area contributed by atoms with Gasteiger partial charge in [0.2, 0.25) is 0 Å². The van der Waals surface area contributed by atoms with Crippen LogP contribution in [0, 0.1) is 0 Å². The van der Waals surface area contributed by atoms with E-state index in [1.165, 1.54) is 0 Å². The van der Waals surface area contributed by atoms with E-state index in [-0.39, 0.29) is 18.2 Å². The fourth-order valence-corrected chi connectivity index (χ4v) is 1.07. The Morgan fingerprint density at radius 3 is 2.18 bits per heavy atom. The first kappa shape index (κ1) is 16.7. The Hall–Kier alpha value is -0.330. The summed E-state index contributed by atoms with van der Waals surface area (Å²) < 4.78 is 46.2. The lowest BCUT2D eigenvalue weighted by molar-refractivity contribution is -0.126. The molecule has 1 unspecified atom stereocenters. The number of hydrogen-bond acceptors (Lipinski definition) is 3.